The zero-order valence-electron chi connectivity index (χ0n) is 19.0. The molecule has 0 aliphatic heterocycles. The van der Waals surface area contributed by atoms with Crippen LogP contribution in [0.4, 0.5) is 0 Å². The van der Waals surface area contributed by atoms with E-state index in [0.29, 0.717) is 36.7 Å². The maximum atomic E-state index is 13.5. The van der Waals surface area contributed by atoms with E-state index in [1.807, 2.05) is 85.8 Å². The molecule has 1 N–H and O–H groups in total. The normalized spacial score (nSPS) is 11.6. The number of hydrogen-bond donors (Lipinski definition) is 1. The Morgan fingerprint density at radius 1 is 1.00 bits per heavy atom. The van der Waals surface area contributed by atoms with Crippen LogP contribution >= 0.6 is 39.3 Å². The van der Waals surface area contributed by atoms with Crippen LogP contribution in [0.1, 0.15) is 24.5 Å². The molecule has 3 aromatic carbocycles. The smallest absolute Gasteiger partial charge is 0.243 e. The van der Waals surface area contributed by atoms with Gasteiger partial charge in [0.05, 0.1) is 0 Å². The number of benzene rings is 3. The molecule has 0 radical (unpaired) electrons. The molecule has 0 saturated carbocycles. The zero-order valence-corrected chi connectivity index (χ0v) is 22.2. The third-order valence-corrected chi connectivity index (χ3v) is 7.02. The summed E-state index contributed by atoms with van der Waals surface area (Å²) in [5, 5.41) is 3.61. The molecule has 2 amide bonds. The van der Waals surface area contributed by atoms with E-state index in [1.54, 1.807) is 16.7 Å². The van der Waals surface area contributed by atoms with Crippen LogP contribution < -0.4 is 5.32 Å². The number of carbonyl (C=O) groups is 2. The molecular formula is C27H28BrClN2O2S. The second-order valence-corrected chi connectivity index (χ2v) is 10.3. The highest BCUT2D eigenvalue weighted by atomic mass is 79.9. The molecule has 3 rings (SSSR count). The van der Waals surface area contributed by atoms with Gasteiger partial charge in [-0.2, -0.15) is 0 Å². The van der Waals surface area contributed by atoms with Gasteiger partial charge >= 0.3 is 0 Å². The molecule has 4 nitrogen and oxygen atoms in total. The maximum absolute atomic E-state index is 13.5. The summed E-state index contributed by atoms with van der Waals surface area (Å²) in [5.41, 5.74) is 1.98. The summed E-state index contributed by atoms with van der Waals surface area (Å²) >= 11 is 11.1. The number of thioether (sulfide) groups is 1. The first-order valence-corrected chi connectivity index (χ1v) is 13.4. The van der Waals surface area contributed by atoms with Crippen LogP contribution in [0.15, 0.2) is 88.2 Å². The summed E-state index contributed by atoms with van der Waals surface area (Å²) in [4.78, 5) is 29.4. The first kappa shape index (κ1) is 26.3. The highest BCUT2D eigenvalue weighted by Gasteiger charge is 2.29. The van der Waals surface area contributed by atoms with Crippen molar-refractivity contribution >= 4 is 51.1 Å². The fraction of sp³-hybridized carbons (Fsp3) is 0.259. The molecule has 0 spiro atoms. The average molecular weight is 560 g/mol. The number of amides is 2. The summed E-state index contributed by atoms with van der Waals surface area (Å²) < 4.78 is 0.938. The Bertz CT molecular complexity index is 1080. The van der Waals surface area contributed by atoms with Crippen molar-refractivity contribution < 1.29 is 9.59 Å². The van der Waals surface area contributed by atoms with E-state index in [1.165, 1.54) is 0 Å². The van der Waals surface area contributed by atoms with Crippen molar-refractivity contribution in [1.82, 2.24) is 10.2 Å². The summed E-state index contributed by atoms with van der Waals surface area (Å²) in [5.74, 6) is 0.428. The van der Waals surface area contributed by atoms with E-state index in [-0.39, 0.29) is 11.8 Å². The Hall–Kier alpha value is -2.28. The zero-order chi connectivity index (χ0) is 24.3. The number of halogens is 2. The van der Waals surface area contributed by atoms with Crippen molar-refractivity contribution in [2.75, 3.05) is 12.3 Å². The minimum absolute atomic E-state index is 0.0476. The third kappa shape index (κ3) is 8.19. The van der Waals surface area contributed by atoms with E-state index in [9.17, 15) is 9.59 Å². The van der Waals surface area contributed by atoms with Gasteiger partial charge in [-0.1, -0.05) is 70.0 Å². The van der Waals surface area contributed by atoms with Gasteiger partial charge in [0.1, 0.15) is 6.04 Å². The lowest BCUT2D eigenvalue weighted by molar-refractivity contribution is -0.140. The molecule has 0 aliphatic carbocycles. The van der Waals surface area contributed by atoms with E-state index < -0.39 is 6.04 Å². The fourth-order valence-electron chi connectivity index (χ4n) is 3.61. The van der Waals surface area contributed by atoms with Gasteiger partial charge in [-0.15, -0.1) is 11.8 Å². The number of likely N-dealkylation sites (N-methyl/N-ethyl adjacent to an activating group) is 1. The van der Waals surface area contributed by atoms with Crippen molar-refractivity contribution in [3.05, 3.63) is 99.5 Å². The minimum Gasteiger partial charge on any atom is -0.355 e. The SMILES string of the molecule is CCNC(=O)[C@@H](Cc1ccccc1)N(Cc1cccc(Br)c1)C(=O)CCSc1ccc(Cl)cc1. The molecule has 7 heteroatoms. The van der Waals surface area contributed by atoms with Gasteiger partial charge < -0.3 is 10.2 Å². The summed E-state index contributed by atoms with van der Waals surface area (Å²) in [6, 6.07) is 24.7. The van der Waals surface area contributed by atoms with Crippen molar-refractivity contribution in [2.45, 2.75) is 37.2 Å². The van der Waals surface area contributed by atoms with Crippen LogP contribution in [0.25, 0.3) is 0 Å². The molecular weight excluding hydrogens is 532 g/mol. The maximum Gasteiger partial charge on any atom is 0.243 e. The third-order valence-electron chi connectivity index (χ3n) is 5.26. The quantitative estimate of drug-likeness (QED) is 0.278. The van der Waals surface area contributed by atoms with Gasteiger partial charge in [0, 0.05) is 46.1 Å². The Balaban J connectivity index is 1.81. The Kier molecular flexibility index (Phi) is 10.5. The van der Waals surface area contributed by atoms with Crippen LogP contribution in [0.2, 0.25) is 5.02 Å². The van der Waals surface area contributed by atoms with E-state index in [0.717, 1.165) is 20.5 Å². The van der Waals surface area contributed by atoms with Crippen LogP contribution in [0.3, 0.4) is 0 Å². The van der Waals surface area contributed by atoms with Crippen molar-refractivity contribution in [1.29, 1.82) is 0 Å². The second-order valence-electron chi connectivity index (χ2n) is 7.80. The minimum atomic E-state index is -0.602. The Morgan fingerprint density at radius 3 is 2.38 bits per heavy atom. The van der Waals surface area contributed by atoms with Crippen LogP contribution in [-0.2, 0) is 22.6 Å². The number of hydrogen-bond acceptors (Lipinski definition) is 3. The second kappa shape index (κ2) is 13.6. The Labute approximate surface area is 219 Å². The van der Waals surface area contributed by atoms with Crippen molar-refractivity contribution in [2.24, 2.45) is 0 Å². The predicted molar refractivity (Wildman–Crippen MR) is 144 cm³/mol. The van der Waals surface area contributed by atoms with Crippen molar-refractivity contribution in [3.8, 4) is 0 Å². The lowest BCUT2D eigenvalue weighted by atomic mass is 10.0. The van der Waals surface area contributed by atoms with Gasteiger partial charge in [-0.05, 0) is 54.4 Å². The summed E-state index contributed by atoms with van der Waals surface area (Å²) in [6.45, 7) is 2.76. The van der Waals surface area contributed by atoms with Gasteiger partial charge in [-0.3, -0.25) is 9.59 Å². The fourth-order valence-corrected chi connectivity index (χ4v) is 5.02. The van der Waals surface area contributed by atoms with E-state index in [2.05, 4.69) is 21.2 Å². The van der Waals surface area contributed by atoms with Gasteiger partial charge in [-0.25, -0.2) is 0 Å². The molecule has 0 saturated heterocycles. The lowest BCUT2D eigenvalue weighted by Crippen LogP contribution is -2.50. The molecule has 34 heavy (non-hydrogen) atoms. The average Bonchev–Trinajstić information content (AvgIpc) is 2.83. The van der Waals surface area contributed by atoms with Crippen LogP contribution in [0, 0.1) is 0 Å². The van der Waals surface area contributed by atoms with Gasteiger partial charge in [0.2, 0.25) is 11.8 Å². The first-order valence-electron chi connectivity index (χ1n) is 11.2. The summed E-state index contributed by atoms with van der Waals surface area (Å²) in [6.07, 6.45) is 0.780. The summed E-state index contributed by atoms with van der Waals surface area (Å²) in [7, 11) is 0. The molecule has 0 fully saturated rings. The van der Waals surface area contributed by atoms with E-state index >= 15 is 0 Å². The van der Waals surface area contributed by atoms with E-state index in [4.69, 9.17) is 11.6 Å². The standard InChI is InChI=1S/C27H28BrClN2O2S/c1-2-30-27(33)25(18-20-7-4-3-5-8-20)31(19-21-9-6-10-22(28)17-21)26(32)15-16-34-24-13-11-23(29)12-14-24/h3-14,17,25H,2,15-16,18-19H2,1H3,(H,30,33)/t25-/m1/s1. The van der Waals surface area contributed by atoms with Crippen LogP contribution in [-0.4, -0.2) is 35.1 Å². The molecule has 1 atom stereocenters. The molecule has 0 aromatic heterocycles. The highest BCUT2D eigenvalue weighted by Crippen LogP contribution is 2.23. The molecule has 3 aromatic rings. The highest BCUT2D eigenvalue weighted by molar-refractivity contribution is 9.10. The van der Waals surface area contributed by atoms with Gasteiger partial charge in [0.25, 0.3) is 0 Å². The number of carbonyl (C=O) groups excluding carboxylic acids is 2. The molecule has 0 heterocycles. The molecule has 0 aliphatic rings. The van der Waals surface area contributed by atoms with Crippen LogP contribution in [0.5, 0.6) is 0 Å². The number of nitrogens with one attached hydrogen (secondary N) is 1. The number of rotatable bonds is 11. The molecule has 178 valence electrons. The van der Waals surface area contributed by atoms with Crippen molar-refractivity contribution in [3.63, 3.8) is 0 Å². The topological polar surface area (TPSA) is 49.4 Å². The largest absolute Gasteiger partial charge is 0.355 e. The molecule has 0 bridgehead atoms. The molecule has 0 unspecified atom stereocenters. The predicted octanol–water partition coefficient (Wildman–Crippen LogP) is 6.36. The lowest BCUT2D eigenvalue weighted by Gasteiger charge is -2.31. The first-order chi connectivity index (χ1) is 16.5. The van der Waals surface area contributed by atoms with Gasteiger partial charge in [0.15, 0.2) is 0 Å². The Morgan fingerprint density at radius 2 is 1.71 bits per heavy atom. The number of nitrogens with zero attached hydrogens (tertiary/aromatic N) is 1. The monoisotopic (exact) mass is 558 g/mol.